The summed E-state index contributed by atoms with van der Waals surface area (Å²) in [6.07, 6.45) is -2.97. The van der Waals surface area contributed by atoms with Gasteiger partial charge in [0.2, 0.25) is 0 Å². The summed E-state index contributed by atoms with van der Waals surface area (Å²) < 4.78 is 76.8. The van der Waals surface area contributed by atoms with Crippen molar-refractivity contribution in [3.8, 4) is 0 Å². The number of imide groups is 1. The quantitative estimate of drug-likeness (QED) is 0.470. The van der Waals surface area contributed by atoms with Crippen molar-refractivity contribution in [2.45, 2.75) is 23.7 Å². The van der Waals surface area contributed by atoms with Crippen LogP contribution >= 0.6 is 0 Å². The first-order valence-electron chi connectivity index (χ1n) is 4.73. The molecular formula is C7H7F4NO7S. The first-order valence-corrected chi connectivity index (χ1v) is 6.13. The van der Waals surface area contributed by atoms with E-state index in [9.17, 15) is 35.6 Å². The molecule has 0 aromatic rings. The lowest BCUT2D eigenvalue weighted by molar-refractivity contribution is -0.192. The lowest BCUT2D eigenvalue weighted by atomic mass is 10.3. The van der Waals surface area contributed by atoms with Gasteiger partial charge in [0.15, 0.2) is 0 Å². The number of aliphatic hydroxyl groups is 2. The van der Waals surface area contributed by atoms with E-state index in [0.29, 0.717) is 0 Å². The molecule has 1 atom stereocenters. The molecule has 1 unspecified atom stereocenters. The number of amides is 2. The Balaban J connectivity index is 3.08. The Morgan fingerprint density at radius 1 is 1.30 bits per heavy atom. The normalized spacial score (nSPS) is 21.7. The van der Waals surface area contributed by atoms with E-state index in [4.69, 9.17) is 10.2 Å². The van der Waals surface area contributed by atoms with Gasteiger partial charge in [-0.1, -0.05) is 0 Å². The number of carbonyl (C=O) groups is 2. The van der Waals surface area contributed by atoms with Crippen LogP contribution in [0.25, 0.3) is 0 Å². The van der Waals surface area contributed by atoms with Crippen molar-refractivity contribution in [2.24, 2.45) is 0 Å². The summed E-state index contributed by atoms with van der Waals surface area (Å²) in [6.45, 7) is -2.52. The van der Waals surface area contributed by atoms with Crippen LogP contribution in [-0.2, 0) is 24.0 Å². The van der Waals surface area contributed by atoms with Gasteiger partial charge in [0.05, 0.1) is 6.42 Å². The number of halogens is 4. The van der Waals surface area contributed by atoms with Crippen molar-refractivity contribution in [2.75, 3.05) is 6.61 Å². The fourth-order valence-electron chi connectivity index (χ4n) is 1.09. The number of hydroxylamine groups is 2. The van der Waals surface area contributed by atoms with E-state index in [1.165, 1.54) is 0 Å². The SMILES string of the molecule is O=C1CC(O)C(=O)N1OS(=O)(=O)C(F)(F)C(F)(F)CO. The highest BCUT2D eigenvalue weighted by atomic mass is 32.2. The molecule has 2 amide bonds. The van der Waals surface area contributed by atoms with E-state index in [0.717, 1.165) is 0 Å². The average Bonchev–Trinajstić information content (AvgIpc) is 2.55. The minimum absolute atomic E-state index is 0.749. The summed E-state index contributed by atoms with van der Waals surface area (Å²) in [5.74, 6) is -8.60. The topological polar surface area (TPSA) is 121 Å². The lowest BCUT2D eigenvalue weighted by Crippen LogP contribution is -2.52. The molecule has 0 aromatic heterocycles. The smallest absolute Gasteiger partial charge is 0.390 e. The van der Waals surface area contributed by atoms with Crippen LogP contribution in [-0.4, -0.2) is 59.4 Å². The largest absolute Gasteiger partial charge is 0.436 e. The van der Waals surface area contributed by atoms with E-state index in [1.54, 1.807) is 0 Å². The fourth-order valence-corrected chi connectivity index (χ4v) is 1.97. The van der Waals surface area contributed by atoms with Crippen LogP contribution in [0.1, 0.15) is 6.42 Å². The Bertz CT molecular complexity index is 533. The minimum atomic E-state index is -6.47. The molecule has 8 nitrogen and oxygen atoms in total. The zero-order chi connectivity index (χ0) is 15.9. The molecule has 0 saturated carbocycles. The maximum Gasteiger partial charge on any atom is 0.436 e. The van der Waals surface area contributed by atoms with Gasteiger partial charge in [0.1, 0.15) is 12.7 Å². The number of alkyl halides is 4. The molecule has 13 heteroatoms. The molecule has 0 radical (unpaired) electrons. The molecule has 0 spiro atoms. The molecule has 2 N–H and O–H groups in total. The van der Waals surface area contributed by atoms with E-state index in [-0.39, 0.29) is 0 Å². The van der Waals surface area contributed by atoms with Gasteiger partial charge in [-0.2, -0.15) is 26.0 Å². The maximum absolute atomic E-state index is 13.0. The van der Waals surface area contributed by atoms with Gasteiger partial charge in [-0.25, -0.2) is 0 Å². The van der Waals surface area contributed by atoms with Gasteiger partial charge in [0.25, 0.3) is 11.8 Å². The summed E-state index contributed by atoms with van der Waals surface area (Å²) in [5.41, 5.74) is 0. The Morgan fingerprint density at radius 2 is 1.80 bits per heavy atom. The number of rotatable bonds is 5. The average molecular weight is 325 g/mol. The van der Waals surface area contributed by atoms with E-state index >= 15 is 0 Å². The molecule has 1 aliphatic heterocycles. The van der Waals surface area contributed by atoms with Crippen LogP contribution in [0.5, 0.6) is 0 Å². The second-order valence-electron chi connectivity index (χ2n) is 3.65. The van der Waals surface area contributed by atoms with Gasteiger partial charge in [-0.05, 0) is 0 Å². The predicted molar refractivity (Wildman–Crippen MR) is 49.5 cm³/mol. The van der Waals surface area contributed by atoms with Crippen molar-refractivity contribution in [1.82, 2.24) is 5.06 Å². The standard InChI is InChI=1S/C7H7F4NO7S/c8-6(9,2-13)7(10,11)20(17,18)19-12-4(15)1-3(14)5(12)16/h3,13-14H,1-2H2. The molecule has 20 heavy (non-hydrogen) atoms. The molecule has 0 aromatic carbocycles. The van der Waals surface area contributed by atoms with Crippen LogP contribution in [0, 0.1) is 0 Å². The highest BCUT2D eigenvalue weighted by molar-refractivity contribution is 7.87. The zero-order valence-electron chi connectivity index (χ0n) is 9.29. The Morgan fingerprint density at radius 3 is 2.15 bits per heavy atom. The summed E-state index contributed by atoms with van der Waals surface area (Å²) in [5, 5.41) is 10.3. The molecule has 1 heterocycles. The number of nitrogens with zero attached hydrogens (tertiary/aromatic N) is 1. The van der Waals surface area contributed by atoms with Crippen molar-refractivity contribution in [3.05, 3.63) is 0 Å². The Labute approximate surface area is 108 Å². The molecule has 116 valence electrons. The molecule has 1 rings (SSSR count). The molecule has 0 aliphatic carbocycles. The maximum atomic E-state index is 13.0. The fraction of sp³-hybridized carbons (Fsp3) is 0.714. The summed E-state index contributed by atoms with van der Waals surface area (Å²) in [6, 6.07) is 0. The van der Waals surface area contributed by atoms with Crippen LogP contribution in [0.15, 0.2) is 0 Å². The summed E-state index contributed by atoms with van der Waals surface area (Å²) >= 11 is 0. The number of hydrogen-bond acceptors (Lipinski definition) is 7. The van der Waals surface area contributed by atoms with E-state index in [2.05, 4.69) is 4.28 Å². The van der Waals surface area contributed by atoms with Crippen molar-refractivity contribution in [3.63, 3.8) is 0 Å². The van der Waals surface area contributed by atoms with Crippen molar-refractivity contribution >= 4 is 21.9 Å². The number of aliphatic hydroxyl groups excluding tert-OH is 2. The van der Waals surface area contributed by atoms with Crippen LogP contribution in [0.4, 0.5) is 17.6 Å². The van der Waals surface area contributed by atoms with Crippen molar-refractivity contribution < 1.29 is 50.1 Å². The Hall–Kier alpha value is -1.31. The van der Waals surface area contributed by atoms with Gasteiger partial charge < -0.3 is 10.2 Å². The second-order valence-corrected chi connectivity index (χ2v) is 5.22. The van der Waals surface area contributed by atoms with Crippen LogP contribution in [0.2, 0.25) is 0 Å². The minimum Gasteiger partial charge on any atom is -0.390 e. The predicted octanol–water partition coefficient (Wildman–Crippen LogP) is -1.41. The van der Waals surface area contributed by atoms with Gasteiger partial charge >= 0.3 is 21.3 Å². The lowest BCUT2D eigenvalue weighted by Gasteiger charge is -2.25. The monoisotopic (exact) mass is 325 g/mol. The third kappa shape index (κ3) is 2.48. The highest BCUT2D eigenvalue weighted by Crippen LogP contribution is 2.40. The van der Waals surface area contributed by atoms with E-state index in [1.807, 2.05) is 0 Å². The first-order chi connectivity index (χ1) is 8.87. The van der Waals surface area contributed by atoms with Crippen LogP contribution < -0.4 is 0 Å². The molecule has 0 bridgehead atoms. The molecule has 1 fully saturated rings. The van der Waals surface area contributed by atoms with Gasteiger partial charge in [0, 0.05) is 0 Å². The first kappa shape index (κ1) is 16.7. The number of hydrogen-bond donors (Lipinski definition) is 2. The number of carbonyl (C=O) groups excluding carboxylic acids is 2. The van der Waals surface area contributed by atoms with Crippen LogP contribution in [0.3, 0.4) is 0 Å². The molecule has 1 aliphatic rings. The molecular weight excluding hydrogens is 318 g/mol. The van der Waals surface area contributed by atoms with Crippen molar-refractivity contribution in [1.29, 1.82) is 0 Å². The van der Waals surface area contributed by atoms with Gasteiger partial charge in [-0.15, -0.1) is 9.35 Å². The van der Waals surface area contributed by atoms with Gasteiger partial charge in [-0.3, -0.25) is 9.59 Å². The second kappa shape index (κ2) is 4.91. The van der Waals surface area contributed by atoms with E-state index < -0.39 is 57.3 Å². The summed E-state index contributed by atoms with van der Waals surface area (Å²) in [4.78, 5) is 22.0. The Kier molecular flexibility index (Phi) is 4.11. The highest BCUT2D eigenvalue weighted by Gasteiger charge is 2.67. The molecule has 1 saturated heterocycles. The summed E-state index contributed by atoms with van der Waals surface area (Å²) in [7, 11) is -6.47. The third-order valence-electron chi connectivity index (χ3n) is 2.19. The zero-order valence-corrected chi connectivity index (χ0v) is 10.1. The third-order valence-corrected chi connectivity index (χ3v) is 3.46.